The number of aromatic hydroxyl groups is 1. The lowest BCUT2D eigenvalue weighted by molar-refractivity contribution is -0.141. The Kier molecular flexibility index (Phi) is 3.59. The van der Waals surface area contributed by atoms with Crippen LogP contribution < -0.4 is 4.74 Å². The summed E-state index contributed by atoms with van der Waals surface area (Å²) in [6.45, 7) is 0.629. The molecular formula is C13H15NO5. The quantitative estimate of drug-likeness (QED) is 0.849. The zero-order chi connectivity index (χ0) is 14.0. The van der Waals surface area contributed by atoms with E-state index in [-0.39, 0.29) is 18.2 Å². The van der Waals surface area contributed by atoms with Gasteiger partial charge in [-0.15, -0.1) is 0 Å². The van der Waals surface area contributed by atoms with Crippen molar-refractivity contribution in [3.8, 4) is 11.5 Å². The molecule has 1 unspecified atom stereocenters. The van der Waals surface area contributed by atoms with Crippen LogP contribution in [-0.2, 0) is 4.79 Å². The Morgan fingerprint density at radius 3 is 2.68 bits per heavy atom. The van der Waals surface area contributed by atoms with Crippen molar-refractivity contribution in [1.82, 2.24) is 4.90 Å². The Hall–Kier alpha value is -2.24. The van der Waals surface area contributed by atoms with Gasteiger partial charge in [0.05, 0.1) is 13.0 Å². The summed E-state index contributed by atoms with van der Waals surface area (Å²) in [4.78, 5) is 24.5. The Bertz CT molecular complexity index is 514. The van der Waals surface area contributed by atoms with Crippen LogP contribution in [0.1, 0.15) is 16.8 Å². The van der Waals surface area contributed by atoms with Crippen molar-refractivity contribution in [3.63, 3.8) is 0 Å². The summed E-state index contributed by atoms with van der Waals surface area (Å²) >= 11 is 0. The van der Waals surface area contributed by atoms with Gasteiger partial charge in [-0.1, -0.05) is 0 Å². The second kappa shape index (κ2) is 5.17. The number of carboxylic acids is 1. The maximum absolute atomic E-state index is 12.1. The SMILES string of the molecule is COc1ccc(C(=O)N2CCC(C(=O)O)C2)cc1O. The van der Waals surface area contributed by atoms with E-state index in [1.807, 2.05) is 0 Å². The van der Waals surface area contributed by atoms with Gasteiger partial charge < -0.3 is 19.8 Å². The predicted molar refractivity (Wildman–Crippen MR) is 66.3 cm³/mol. The molecule has 0 spiro atoms. The number of phenolic OH excluding ortho intramolecular Hbond substituents is 1. The van der Waals surface area contributed by atoms with Crippen LogP contribution in [-0.4, -0.2) is 47.2 Å². The topological polar surface area (TPSA) is 87.1 Å². The number of likely N-dealkylation sites (tertiary alicyclic amines) is 1. The molecule has 0 saturated carbocycles. The molecule has 0 aliphatic carbocycles. The van der Waals surface area contributed by atoms with Gasteiger partial charge in [0.15, 0.2) is 11.5 Å². The van der Waals surface area contributed by atoms with Gasteiger partial charge in [-0.25, -0.2) is 0 Å². The highest BCUT2D eigenvalue weighted by Gasteiger charge is 2.31. The fourth-order valence-electron chi connectivity index (χ4n) is 2.15. The highest BCUT2D eigenvalue weighted by molar-refractivity contribution is 5.95. The smallest absolute Gasteiger partial charge is 0.308 e. The Morgan fingerprint density at radius 2 is 2.16 bits per heavy atom. The highest BCUT2D eigenvalue weighted by atomic mass is 16.5. The molecule has 1 aliphatic rings. The molecule has 19 heavy (non-hydrogen) atoms. The van der Waals surface area contributed by atoms with Gasteiger partial charge in [-0.2, -0.15) is 0 Å². The first-order valence-electron chi connectivity index (χ1n) is 5.92. The summed E-state index contributed by atoms with van der Waals surface area (Å²) in [6, 6.07) is 4.39. The van der Waals surface area contributed by atoms with Gasteiger partial charge in [0.25, 0.3) is 5.91 Å². The molecule has 1 aliphatic heterocycles. The number of carbonyl (C=O) groups is 2. The van der Waals surface area contributed by atoms with E-state index >= 15 is 0 Å². The minimum atomic E-state index is -0.882. The minimum Gasteiger partial charge on any atom is -0.504 e. The second-order valence-corrected chi connectivity index (χ2v) is 4.46. The van der Waals surface area contributed by atoms with Crippen molar-refractivity contribution in [3.05, 3.63) is 23.8 Å². The molecule has 6 nitrogen and oxygen atoms in total. The third kappa shape index (κ3) is 2.62. The first-order chi connectivity index (χ1) is 9.02. The van der Waals surface area contributed by atoms with E-state index in [1.54, 1.807) is 6.07 Å². The standard InChI is InChI=1S/C13H15NO5/c1-19-11-3-2-8(6-10(11)15)12(16)14-5-4-9(7-14)13(17)18/h2-3,6,9,15H,4-5,7H2,1H3,(H,17,18). The number of benzene rings is 1. The van der Waals surface area contributed by atoms with Gasteiger partial charge in [0.2, 0.25) is 0 Å². The molecule has 0 bridgehead atoms. The lowest BCUT2D eigenvalue weighted by atomic mass is 10.1. The van der Waals surface area contributed by atoms with Crippen LogP contribution in [0.15, 0.2) is 18.2 Å². The fraction of sp³-hybridized carbons (Fsp3) is 0.385. The molecule has 1 aromatic rings. The first kappa shape index (κ1) is 13.2. The van der Waals surface area contributed by atoms with Crippen LogP contribution >= 0.6 is 0 Å². The fourth-order valence-corrected chi connectivity index (χ4v) is 2.15. The van der Waals surface area contributed by atoms with E-state index in [4.69, 9.17) is 9.84 Å². The number of carbonyl (C=O) groups excluding carboxylic acids is 1. The van der Waals surface area contributed by atoms with Gasteiger partial charge in [-0.05, 0) is 24.6 Å². The number of hydrogen-bond donors (Lipinski definition) is 2. The number of ether oxygens (including phenoxy) is 1. The third-order valence-corrected chi connectivity index (χ3v) is 3.25. The van der Waals surface area contributed by atoms with E-state index in [0.29, 0.717) is 24.3 Å². The van der Waals surface area contributed by atoms with Crippen molar-refractivity contribution in [2.24, 2.45) is 5.92 Å². The van der Waals surface area contributed by atoms with Crippen molar-refractivity contribution >= 4 is 11.9 Å². The minimum absolute atomic E-state index is 0.109. The summed E-state index contributed by atoms with van der Waals surface area (Å²) in [6.07, 6.45) is 0.462. The molecule has 2 N–H and O–H groups in total. The van der Waals surface area contributed by atoms with Crippen LogP contribution in [0.3, 0.4) is 0 Å². The van der Waals surface area contributed by atoms with Crippen LogP contribution in [0.25, 0.3) is 0 Å². The summed E-state index contributed by atoms with van der Waals surface area (Å²) in [7, 11) is 1.43. The van der Waals surface area contributed by atoms with Gasteiger partial charge in [0.1, 0.15) is 0 Å². The molecule has 1 saturated heterocycles. The first-order valence-corrected chi connectivity index (χ1v) is 5.92. The molecule has 0 aromatic heterocycles. The molecule has 2 rings (SSSR count). The molecule has 1 heterocycles. The average Bonchev–Trinajstić information content (AvgIpc) is 2.87. The van der Waals surface area contributed by atoms with Crippen molar-refractivity contribution in [2.45, 2.75) is 6.42 Å². The Balaban J connectivity index is 2.12. The van der Waals surface area contributed by atoms with E-state index in [0.717, 1.165) is 0 Å². The maximum atomic E-state index is 12.1. The highest BCUT2D eigenvalue weighted by Crippen LogP contribution is 2.27. The van der Waals surface area contributed by atoms with Crippen LogP contribution in [0, 0.1) is 5.92 Å². The molecular weight excluding hydrogens is 250 g/mol. The molecule has 1 aromatic carbocycles. The van der Waals surface area contributed by atoms with E-state index in [1.165, 1.54) is 24.1 Å². The number of amides is 1. The lowest BCUT2D eigenvalue weighted by Crippen LogP contribution is -2.29. The predicted octanol–water partition coefficient (Wildman–Crippen LogP) is 0.948. The maximum Gasteiger partial charge on any atom is 0.308 e. The third-order valence-electron chi connectivity index (χ3n) is 3.25. The number of methoxy groups -OCH3 is 1. The monoisotopic (exact) mass is 265 g/mol. The molecule has 6 heteroatoms. The summed E-state index contributed by atoms with van der Waals surface area (Å²) in [5.41, 5.74) is 0.323. The lowest BCUT2D eigenvalue weighted by Gasteiger charge is -2.16. The van der Waals surface area contributed by atoms with Gasteiger partial charge >= 0.3 is 5.97 Å². The number of hydrogen-bond acceptors (Lipinski definition) is 4. The molecule has 1 atom stereocenters. The largest absolute Gasteiger partial charge is 0.504 e. The van der Waals surface area contributed by atoms with E-state index < -0.39 is 11.9 Å². The summed E-state index contributed by atoms with van der Waals surface area (Å²) < 4.78 is 4.90. The van der Waals surface area contributed by atoms with E-state index in [9.17, 15) is 14.7 Å². The van der Waals surface area contributed by atoms with E-state index in [2.05, 4.69) is 0 Å². The van der Waals surface area contributed by atoms with Crippen LogP contribution in [0.2, 0.25) is 0 Å². The van der Waals surface area contributed by atoms with Gasteiger partial charge in [0, 0.05) is 18.7 Å². The Morgan fingerprint density at radius 1 is 1.42 bits per heavy atom. The van der Waals surface area contributed by atoms with Crippen LogP contribution in [0.5, 0.6) is 11.5 Å². The number of nitrogens with zero attached hydrogens (tertiary/aromatic N) is 1. The van der Waals surface area contributed by atoms with Crippen molar-refractivity contribution in [2.75, 3.05) is 20.2 Å². The summed E-state index contributed by atoms with van der Waals surface area (Å²) in [5, 5.41) is 18.5. The number of aliphatic carboxylic acids is 1. The molecule has 0 radical (unpaired) electrons. The van der Waals surface area contributed by atoms with Crippen LogP contribution in [0.4, 0.5) is 0 Å². The number of carboxylic acid groups (broad SMARTS) is 1. The molecule has 1 fully saturated rings. The number of rotatable bonds is 3. The Labute approximate surface area is 110 Å². The van der Waals surface area contributed by atoms with Crippen molar-refractivity contribution < 1.29 is 24.5 Å². The normalized spacial score (nSPS) is 18.4. The van der Waals surface area contributed by atoms with Gasteiger partial charge in [-0.3, -0.25) is 9.59 Å². The zero-order valence-electron chi connectivity index (χ0n) is 10.5. The molecule has 1 amide bonds. The average molecular weight is 265 g/mol. The number of phenols is 1. The second-order valence-electron chi connectivity index (χ2n) is 4.46. The molecule has 102 valence electrons. The zero-order valence-corrected chi connectivity index (χ0v) is 10.5. The van der Waals surface area contributed by atoms with Crippen molar-refractivity contribution in [1.29, 1.82) is 0 Å². The summed E-state index contributed by atoms with van der Waals surface area (Å²) in [5.74, 6) is -1.48.